The molecule has 0 bridgehead atoms. The molecule has 70 valence electrons. The van der Waals surface area contributed by atoms with Gasteiger partial charge in [0.15, 0.2) is 0 Å². The second kappa shape index (κ2) is 9.19. The molecule has 0 atom stereocenters. The van der Waals surface area contributed by atoms with Crippen LogP contribution in [0.1, 0.15) is 5.56 Å². The molecule has 1 rings (SSSR count). The molecule has 0 nitrogen and oxygen atoms in total. The third-order valence-electron chi connectivity index (χ3n) is 1.11. The summed E-state index contributed by atoms with van der Waals surface area (Å²) < 4.78 is 0. The van der Waals surface area contributed by atoms with Crippen molar-refractivity contribution in [2.75, 3.05) is 0 Å². The standard InChI is InChI=1S/C9H9.2ClH.Pt/c1-2-6-9-7-4-3-5-8-9;;;/h2-8H,1H2;2*1H;/q-1;;;+2/p-2/b6-2+;;;. The van der Waals surface area contributed by atoms with Crippen LogP contribution in [0, 0.1) is 6.92 Å². The molecule has 0 heterocycles. The topological polar surface area (TPSA) is 0 Å². The van der Waals surface area contributed by atoms with E-state index in [0.29, 0.717) is 0 Å². The summed E-state index contributed by atoms with van der Waals surface area (Å²) in [5, 5.41) is 0. The van der Waals surface area contributed by atoms with E-state index in [0.717, 1.165) is 0 Å². The van der Waals surface area contributed by atoms with E-state index in [1.54, 1.807) is 6.08 Å². The van der Waals surface area contributed by atoms with Gasteiger partial charge in [-0.15, -0.1) is 5.56 Å². The fourth-order valence-corrected chi connectivity index (χ4v) is 0.700. The van der Waals surface area contributed by atoms with Crippen LogP contribution in [0.25, 0.3) is 6.08 Å². The molecule has 0 aliphatic rings. The molecule has 0 unspecified atom stereocenters. The van der Waals surface area contributed by atoms with Crippen molar-refractivity contribution in [1.82, 2.24) is 0 Å². The van der Waals surface area contributed by atoms with Crippen molar-refractivity contribution in [3.63, 3.8) is 0 Å². The van der Waals surface area contributed by atoms with E-state index in [-0.39, 0.29) is 0 Å². The average Bonchev–Trinajstić information content (AvgIpc) is 2.08. The summed E-state index contributed by atoms with van der Waals surface area (Å²) in [5.74, 6) is 0. The molecule has 0 aliphatic carbocycles. The first-order valence-electron chi connectivity index (χ1n) is 3.18. The minimum absolute atomic E-state index is 0.472. The van der Waals surface area contributed by atoms with Crippen LogP contribution in [0.15, 0.2) is 36.4 Å². The van der Waals surface area contributed by atoms with Crippen LogP contribution < -0.4 is 0 Å². The predicted molar refractivity (Wildman–Crippen MR) is 52.5 cm³/mol. The molecule has 12 heavy (non-hydrogen) atoms. The van der Waals surface area contributed by atoms with Gasteiger partial charge >= 0.3 is 35.3 Å². The fraction of sp³-hybridized carbons (Fsp3) is 0. The SMILES string of the molecule is [CH2-]/C=C/c1ccccc1.[Cl][Pt][Cl]. The van der Waals surface area contributed by atoms with Crippen molar-refractivity contribution in [2.24, 2.45) is 0 Å². The van der Waals surface area contributed by atoms with Crippen molar-refractivity contribution in [2.45, 2.75) is 0 Å². The summed E-state index contributed by atoms with van der Waals surface area (Å²) in [4.78, 5) is 0. The molecule has 1 aromatic rings. The number of rotatable bonds is 1. The Bertz CT molecular complexity index is 209. The summed E-state index contributed by atoms with van der Waals surface area (Å²) in [7, 11) is 9.75. The van der Waals surface area contributed by atoms with Gasteiger partial charge in [0.1, 0.15) is 0 Å². The monoisotopic (exact) mass is 382 g/mol. The van der Waals surface area contributed by atoms with Gasteiger partial charge in [0.25, 0.3) is 0 Å². The first-order chi connectivity index (χ1) is 5.85. The Hall–Kier alpha value is 0.0983. The molecule has 0 saturated heterocycles. The minimum atomic E-state index is -0.472. The Labute approximate surface area is 90.0 Å². The molecule has 0 N–H and O–H groups in total. The third kappa shape index (κ3) is 6.79. The maximum atomic E-state index is 4.88. The molecule has 0 radical (unpaired) electrons. The van der Waals surface area contributed by atoms with Crippen molar-refractivity contribution >= 4 is 24.9 Å². The van der Waals surface area contributed by atoms with Crippen molar-refractivity contribution in [3.8, 4) is 0 Å². The van der Waals surface area contributed by atoms with Gasteiger partial charge in [-0.3, -0.25) is 0 Å². The van der Waals surface area contributed by atoms with Crippen LogP contribution in [-0.4, -0.2) is 0 Å². The van der Waals surface area contributed by atoms with Crippen LogP contribution in [0.2, 0.25) is 0 Å². The van der Waals surface area contributed by atoms with Crippen molar-refractivity contribution in [3.05, 3.63) is 48.9 Å². The van der Waals surface area contributed by atoms with E-state index < -0.39 is 16.5 Å². The number of benzene rings is 1. The second-order valence-electron chi connectivity index (χ2n) is 1.86. The Morgan fingerprint density at radius 2 is 1.67 bits per heavy atom. The summed E-state index contributed by atoms with van der Waals surface area (Å²) in [6.45, 7) is 3.60. The Morgan fingerprint density at radius 1 is 1.17 bits per heavy atom. The van der Waals surface area contributed by atoms with E-state index >= 15 is 0 Å². The van der Waals surface area contributed by atoms with Crippen LogP contribution in [-0.2, 0) is 16.5 Å². The number of halogens is 2. The molecule has 0 spiro atoms. The van der Waals surface area contributed by atoms with Crippen LogP contribution >= 0.6 is 18.8 Å². The quantitative estimate of drug-likeness (QED) is 0.646. The van der Waals surface area contributed by atoms with E-state index in [4.69, 9.17) is 18.8 Å². The maximum absolute atomic E-state index is 4.88. The zero-order valence-corrected chi connectivity index (χ0v) is 10.1. The molecule has 1 aromatic carbocycles. The molecule has 0 aromatic heterocycles. The van der Waals surface area contributed by atoms with Gasteiger partial charge < -0.3 is 0 Å². The third-order valence-corrected chi connectivity index (χ3v) is 1.11. The van der Waals surface area contributed by atoms with Gasteiger partial charge in [-0.2, -0.15) is 0 Å². The Balaban J connectivity index is 0.000000354. The second-order valence-corrected chi connectivity index (χ2v) is 5.14. The predicted octanol–water partition coefficient (Wildman–Crippen LogP) is 3.91. The van der Waals surface area contributed by atoms with Crippen LogP contribution in [0.5, 0.6) is 0 Å². The van der Waals surface area contributed by atoms with Crippen molar-refractivity contribution in [1.29, 1.82) is 0 Å². The van der Waals surface area contributed by atoms with Gasteiger partial charge in [-0.1, -0.05) is 30.3 Å². The number of hydrogen-bond donors (Lipinski definition) is 0. The average molecular weight is 383 g/mol. The molecular formula is C9H9Cl2Pt-. The number of allylic oxidation sites excluding steroid dienone is 1. The molecule has 3 heteroatoms. The zero-order chi connectivity index (χ0) is 9.23. The summed E-state index contributed by atoms with van der Waals surface area (Å²) in [5.41, 5.74) is 1.20. The van der Waals surface area contributed by atoms with E-state index in [2.05, 4.69) is 6.92 Å². The molecule has 0 aliphatic heterocycles. The normalized spacial score (nSPS) is 9.50. The fourth-order valence-electron chi connectivity index (χ4n) is 0.700. The summed E-state index contributed by atoms with van der Waals surface area (Å²) >= 11 is -0.472. The van der Waals surface area contributed by atoms with Gasteiger partial charge in [-0.05, 0) is 0 Å². The van der Waals surface area contributed by atoms with E-state index in [1.807, 2.05) is 36.4 Å². The molecule has 0 amide bonds. The zero-order valence-electron chi connectivity index (χ0n) is 6.32. The first kappa shape index (κ1) is 12.1. The van der Waals surface area contributed by atoms with Gasteiger partial charge in [0.05, 0.1) is 0 Å². The van der Waals surface area contributed by atoms with Gasteiger partial charge in [0, 0.05) is 0 Å². The molecule has 0 saturated carbocycles. The first-order valence-corrected chi connectivity index (χ1v) is 8.81. The van der Waals surface area contributed by atoms with Crippen LogP contribution in [0.4, 0.5) is 0 Å². The van der Waals surface area contributed by atoms with Crippen molar-refractivity contribution < 1.29 is 16.5 Å². The Kier molecular flexibility index (Phi) is 9.26. The number of hydrogen-bond acceptors (Lipinski definition) is 0. The van der Waals surface area contributed by atoms with Gasteiger partial charge in [-0.25, -0.2) is 19.1 Å². The van der Waals surface area contributed by atoms with Crippen LogP contribution in [0.3, 0.4) is 0 Å². The summed E-state index contributed by atoms with van der Waals surface area (Å²) in [6, 6.07) is 10.1. The molecule has 0 fully saturated rings. The van der Waals surface area contributed by atoms with E-state index in [1.165, 1.54) is 5.56 Å². The molecular weight excluding hydrogens is 374 g/mol. The van der Waals surface area contributed by atoms with E-state index in [9.17, 15) is 0 Å². The van der Waals surface area contributed by atoms with Gasteiger partial charge in [0.2, 0.25) is 0 Å². The summed E-state index contributed by atoms with van der Waals surface area (Å²) in [6.07, 6.45) is 3.76. The Morgan fingerprint density at radius 3 is 2.08 bits per heavy atom.